The third-order valence-electron chi connectivity index (χ3n) is 2.38. The molecule has 0 bridgehead atoms. The molecule has 57 valence electrons. The molecule has 0 amide bonds. The minimum Gasteiger partial charge on any atom is -0.250 e. The third kappa shape index (κ3) is 1.05. The highest BCUT2D eigenvalue weighted by molar-refractivity contribution is 5.37. The van der Waals surface area contributed by atoms with Crippen LogP contribution in [-0.2, 0) is 6.42 Å². The van der Waals surface area contributed by atoms with Gasteiger partial charge in [0.25, 0.3) is 0 Å². The zero-order valence-corrected chi connectivity index (χ0v) is 6.72. The van der Waals surface area contributed by atoms with Crippen molar-refractivity contribution in [2.75, 3.05) is 0 Å². The molecule has 1 aromatic carbocycles. The van der Waals surface area contributed by atoms with Crippen LogP contribution in [0.25, 0.3) is 0 Å². The third-order valence-corrected chi connectivity index (χ3v) is 2.38. The molecule has 0 saturated heterocycles. The second-order valence-electron chi connectivity index (χ2n) is 3.29. The largest absolute Gasteiger partial charge is 0.250 e. The van der Waals surface area contributed by atoms with E-state index in [1.807, 2.05) is 0 Å². The number of aryl methyl sites for hydroxylation is 2. The smallest absolute Gasteiger partial charge is 0.0468 e. The molecule has 1 nitrogen and oxygen atoms in total. The molecular formula is C10H12N. The average Bonchev–Trinajstić information content (AvgIpc) is 2.33. The summed E-state index contributed by atoms with van der Waals surface area (Å²) in [6.07, 6.45) is 2.11. The molecule has 1 atom stereocenters. The molecular weight excluding hydrogens is 134 g/mol. The van der Waals surface area contributed by atoms with Gasteiger partial charge in [-0.05, 0) is 30.9 Å². The van der Waals surface area contributed by atoms with Gasteiger partial charge in [0.1, 0.15) is 0 Å². The zero-order valence-electron chi connectivity index (χ0n) is 6.72. The molecule has 0 saturated carbocycles. The average molecular weight is 146 g/mol. The van der Waals surface area contributed by atoms with Crippen molar-refractivity contribution in [2.24, 2.45) is 0 Å². The van der Waals surface area contributed by atoms with Crippen molar-refractivity contribution in [3.8, 4) is 0 Å². The Hall–Kier alpha value is -0.820. The highest BCUT2D eigenvalue weighted by Crippen LogP contribution is 2.30. The van der Waals surface area contributed by atoms with Crippen LogP contribution in [0.3, 0.4) is 0 Å². The Morgan fingerprint density at radius 3 is 3.09 bits per heavy atom. The van der Waals surface area contributed by atoms with E-state index in [1.54, 1.807) is 0 Å². The lowest BCUT2D eigenvalue weighted by atomic mass is 10.1. The lowest BCUT2D eigenvalue weighted by Crippen LogP contribution is -1.92. The summed E-state index contributed by atoms with van der Waals surface area (Å²) in [4.78, 5) is 0. The predicted octanol–water partition coefficient (Wildman–Crippen LogP) is 2.27. The summed E-state index contributed by atoms with van der Waals surface area (Å²) in [5, 5.41) is 0. The maximum Gasteiger partial charge on any atom is 0.0468 e. The van der Waals surface area contributed by atoms with Crippen LogP contribution in [0.4, 0.5) is 0 Å². The number of rotatable bonds is 0. The Morgan fingerprint density at radius 2 is 2.27 bits per heavy atom. The molecule has 1 aliphatic carbocycles. The fourth-order valence-corrected chi connectivity index (χ4v) is 1.72. The minimum absolute atomic E-state index is 0.0462. The van der Waals surface area contributed by atoms with Crippen LogP contribution >= 0.6 is 0 Å². The first-order valence-electron chi connectivity index (χ1n) is 4.08. The second-order valence-corrected chi connectivity index (χ2v) is 3.29. The Labute approximate surface area is 67.2 Å². The number of nitrogens with one attached hydrogen (secondary N) is 1. The fraction of sp³-hybridized carbons (Fsp3) is 0.400. The molecule has 1 radical (unpaired) electrons. The summed E-state index contributed by atoms with van der Waals surface area (Å²) < 4.78 is 0. The Balaban J connectivity index is 2.52. The monoisotopic (exact) mass is 146 g/mol. The van der Waals surface area contributed by atoms with Crippen molar-refractivity contribution in [1.82, 2.24) is 5.73 Å². The van der Waals surface area contributed by atoms with Crippen LogP contribution in [-0.4, -0.2) is 0 Å². The first kappa shape index (κ1) is 6.86. The summed E-state index contributed by atoms with van der Waals surface area (Å²) in [5.74, 6) is 0. The Morgan fingerprint density at radius 1 is 1.45 bits per heavy atom. The molecule has 0 aliphatic heterocycles. The molecule has 1 unspecified atom stereocenters. The summed E-state index contributed by atoms with van der Waals surface area (Å²) in [7, 11) is 0. The molecule has 1 aromatic rings. The summed E-state index contributed by atoms with van der Waals surface area (Å²) in [5.41, 5.74) is 11.6. The lowest BCUT2D eigenvalue weighted by Gasteiger charge is -2.03. The second kappa shape index (κ2) is 2.35. The van der Waals surface area contributed by atoms with Crippen LogP contribution in [0.15, 0.2) is 18.2 Å². The predicted molar refractivity (Wildman–Crippen MR) is 45.3 cm³/mol. The first-order chi connectivity index (χ1) is 5.27. The van der Waals surface area contributed by atoms with E-state index in [1.165, 1.54) is 16.7 Å². The molecule has 0 fully saturated rings. The topological polar surface area (TPSA) is 23.8 Å². The molecule has 1 N–H and O–H groups in total. The van der Waals surface area contributed by atoms with Crippen molar-refractivity contribution in [3.05, 3.63) is 34.9 Å². The van der Waals surface area contributed by atoms with Gasteiger partial charge < -0.3 is 0 Å². The quantitative estimate of drug-likeness (QED) is 0.536. The highest BCUT2D eigenvalue weighted by Gasteiger charge is 2.18. The van der Waals surface area contributed by atoms with E-state index < -0.39 is 0 Å². The van der Waals surface area contributed by atoms with E-state index in [9.17, 15) is 0 Å². The number of benzene rings is 1. The standard InChI is InChI=1S/C10H12N/c1-7-2-3-8-4-5-10(11)9(8)6-7/h2-3,6,10-11H,4-5H2,1H3. The van der Waals surface area contributed by atoms with Gasteiger partial charge in [0, 0.05) is 6.04 Å². The Bertz CT molecular complexity index is 278. The van der Waals surface area contributed by atoms with Crippen molar-refractivity contribution < 1.29 is 0 Å². The van der Waals surface area contributed by atoms with Gasteiger partial charge in [0.05, 0.1) is 0 Å². The Kier molecular flexibility index (Phi) is 1.46. The fourth-order valence-electron chi connectivity index (χ4n) is 1.72. The SMILES string of the molecule is Cc1ccc2c(c1)C([NH])CC2. The van der Waals surface area contributed by atoms with E-state index >= 15 is 0 Å². The van der Waals surface area contributed by atoms with Crippen LogP contribution in [0.5, 0.6) is 0 Å². The van der Waals surface area contributed by atoms with Crippen LogP contribution in [0, 0.1) is 6.92 Å². The molecule has 0 spiro atoms. The molecule has 11 heavy (non-hydrogen) atoms. The van der Waals surface area contributed by atoms with Gasteiger partial charge >= 0.3 is 0 Å². The summed E-state index contributed by atoms with van der Waals surface area (Å²) >= 11 is 0. The normalized spacial score (nSPS) is 21.8. The first-order valence-corrected chi connectivity index (χ1v) is 4.08. The van der Waals surface area contributed by atoms with Crippen molar-refractivity contribution in [1.29, 1.82) is 0 Å². The molecule has 0 aromatic heterocycles. The zero-order chi connectivity index (χ0) is 7.84. The number of fused-ring (bicyclic) bond motifs is 1. The number of hydrogen-bond acceptors (Lipinski definition) is 0. The van der Waals surface area contributed by atoms with E-state index in [4.69, 9.17) is 5.73 Å². The molecule has 2 rings (SSSR count). The maximum atomic E-state index is 7.71. The van der Waals surface area contributed by atoms with Gasteiger partial charge in [-0.3, -0.25) is 0 Å². The van der Waals surface area contributed by atoms with Crippen LogP contribution < -0.4 is 5.73 Å². The minimum atomic E-state index is 0.0462. The van der Waals surface area contributed by atoms with E-state index in [2.05, 4.69) is 25.1 Å². The van der Waals surface area contributed by atoms with Gasteiger partial charge in [0.2, 0.25) is 0 Å². The summed E-state index contributed by atoms with van der Waals surface area (Å²) in [6.45, 7) is 2.09. The molecule has 0 heterocycles. The highest BCUT2D eigenvalue weighted by atomic mass is 14.6. The van der Waals surface area contributed by atoms with Crippen LogP contribution in [0.1, 0.15) is 29.2 Å². The van der Waals surface area contributed by atoms with Crippen LogP contribution in [0.2, 0.25) is 0 Å². The van der Waals surface area contributed by atoms with Gasteiger partial charge in [0.15, 0.2) is 0 Å². The van der Waals surface area contributed by atoms with E-state index in [0.717, 1.165) is 12.8 Å². The number of hydrogen-bond donors (Lipinski definition) is 0. The van der Waals surface area contributed by atoms with Crippen molar-refractivity contribution in [3.63, 3.8) is 0 Å². The van der Waals surface area contributed by atoms with Gasteiger partial charge in [-0.2, -0.15) is 0 Å². The van der Waals surface area contributed by atoms with Crippen molar-refractivity contribution in [2.45, 2.75) is 25.8 Å². The maximum absolute atomic E-state index is 7.71. The van der Waals surface area contributed by atoms with Crippen molar-refractivity contribution >= 4 is 0 Å². The van der Waals surface area contributed by atoms with Gasteiger partial charge in [-0.15, -0.1) is 0 Å². The van der Waals surface area contributed by atoms with Gasteiger partial charge in [-0.25, -0.2) is 5.73 Å². The van der Waals surface area contributed by atoms with Gasteiger partial charge in [-0.1, -0.05) is 23.8 Å². The molecule has 1 heteroatoms. The van der Waals surface area contributed by atoms with E-state index in [0.29, 0.717) is 0 Å². The van der Waals surface area contributed by atoms with E-state index in [-0.39, 0.29) is 6.04 Å². The molecule has 1 aliphatic rings. The lowest BCUT2D eigenvalue weighted by molar-refractivity contribution is 0.691. The summed E-state index contributed by atoms with van der Waals surface area (Å²) in [6, 6.07) is 6.50.